The second-order valence-corrected chi connectivity index (χ2v) is 5.76. The molecule has 10 nitrogen and oxygen atoms in total. The van der Waals surface area contributed by atoms with Crippen molar-refractivity contribution in [3.8, 4) is 17.1 Å². The Labute approximate surface area is 158 Å². The van der Waals surface area contributed by atoms with E-state index in [4.69, 9.17) is 4.74 Å². The van der Waals surface area contributed by atoms with E-state index in [1.807, 2.05) is 6.92 Å². The Morgan fingerprint density at radius 2 is 2.18 bits per heavy atom. The van der Waals surface area contributed by atoms with Crippen LogP contribution in [0.25, 0.3) is 22.6 Å². The predicted octanol–water partition coefficient (Wildman–Crippen LogP) is 1.75. The van der Waals surface area contributed by atoms with Crippen LogP contribution in [-0.2, 0) is 0 Å². The van der Waals surface area contributed by atoms with E-state index in [1.165, 1.54) is 0 Å². The first kappa shape index (κ1) is 17.3. The molecule has 140 valence electrons. The highest BCUT2D eigenvalue weighted by molar-refractivity contribution is 6.04. The van der Waals surface area contributed by atoms with Gasteiger partial charge in [0.05, 0.1) is 24.1 Å². The lowest BCUT2D eigenvalue weighted by molar-refractivity contribution is 0.102. The molecule has 0 fully saturated rings. The zero-order valence-corrected chi connectivity index (χ0v) is 14.8. The van der Waals surface area contributed by atoms with Gasteiger partial charge in [0.15, 0.2) is 11.2 Å². The van der Waals surface area contributed by atoms with Crippen molar-refractivity contribution in [3.63, 3.8) is 0 Å². The minimum Gasteiger partial charge on any atom is -0.493 e. The number of nitrogens with one attached hydrogen (secondary N) is 3. The molecular weight excluding hydrogens is 362 g/mol. The van der Waals surface area contributed by atoms with E-state index in [-0.39, 0.29) is 22.9 Å². The number of aromatic amines is 2. The van der Waals surface area contributed by atoms with Crippen LogP contribution in [0.15, 0.2) is 47.5 Å². The molecule has 3 N–H and O–H groups in total. The molecule has 0 unspecified atom stereocenters. The number of carbonyl (C=O) groups is 1. The van der Waals surface area contributed by atoms with Gasteiger partial charge in [0.1, 0.15) is 11.6 Å². The monoisotopic (exact) mass is 377 g/mol. The number of pyridine rings is 1. The van der Waals surface area contributed by atoms with Crippen LogP contribution in [0.5, 0.6) is 5.75 Å². The SMILES string of the molecule is CCOc1cc(C(=O)Nc2cccnc2)ccc1-c1nc2[nH]nnc2c(=O)[nH]1. The number of nitrogens with zero attached hydrogens (tertiary/aromatic N) is 4. The van der Waals surface area contributed by atoms with Crippen molar-refractivity contribution in [2.45, 2.75) is 6.92 Å². The number of H-pyrrole nitrogens is 2. The molecule has 0 radical (unpaired) electrons. The van der Waals surface area contributed by atoms with E-state index in [0.717, 1.165) is 0 Å². The number of carbonyl (C=O) groups excluding carboxylic acids is 1. The van der Waals surface area contributed by atoms with Crippen molar-refractivity contribution >= 4 is 22.8 Å². The molecule has 0 aliphatic rings. The zero-order chi connectivity index (χ0) is 19.5. The first-order valence-electron chi connectivity index (χ1n) is 8.45. The van der Waals surface area contributed by atoms with Crippen molar-refractivity contribution in [2.75, 3.05) is 11.9 Å². The number of aromatic nitrogens is 6. The summed E-state index contributed by atoms with van der Waals surface area (Å²) < 4.78 is 5.67. The molecule has 3 aromatic heterocycles. The predicted molar refractivity (Wildman–Crippen MR) is 101 cm³/mol. The molecule has 0 aliphatic carbocycles. The Bertz CT molecular complexity index is 1200. The highest BCUT2D eigenvalue weighted by Gasteiger charge is 2.16. The molecular formula is C18H15N7O3. The molecule has 0 atom stereocenters. The lowest BCUT2D eigenvalue weighted by Crippen LogP contribution is -2.13. The largest absolute Gasteiger partial charge is 0.493 e. The van der Waals surface area contributed by atoms with Crippen molar-refractivity contribution in [1.82, 2.24) is 30.4 Å². The standard InChI is InChI=1S/C18H15N7O3/c1-2-28-13-8-10(17(26)20-11-4-3-7-19-9-11)5-6-12(13)15-21-16-14(18(27)22-15)23-25-24-16/h3-9H,2H2,1H3,(H,20,26)(H2,21,22,23,24,25,27). The minimum absolute atomic E-state index is 0.120. The average Bonchev–Trinajstić information content (AvgIpc) is 3.18. The summed E-state index contributed by atoms with van der Waals surface area (Å²) in [6, 6.07) is 8.35. The quantitative estimate of drug-likeness (QED) is 0.481. The first-order chi connectivity index (χ1) is 13.7. The van der Waals surface area contributed by atoms with Crippen molar-refractivity contribution in [3.05, 3.63) is 58.6 Å². The van der Waals surface area contributed by atoms with Gasteiger partial charge in [-0.1, -0.05) is 5.21 Å². The summed E-state index contributed by atoms with van der Waals surface area (Å²) in [5, 5.41) is 12.6. The van der Waals surface area contributed by atoms with Gasteiger partial charge in [-0.05, 0) is 37.3 Å². The van der Waals surface area contributed by atoms with E-state index >= 15 is 0 Å². The van der Waals surface area contributed by atoms with Gasteiger partial charge < -0.3 is 15.0 Å². The fourth-order valence-corrected chi connectivity index (χ4v) is 2.66. The van der Waals surface area contributed by atoms with Gasteiger partial charge in [-0.2, -0.15) is 0 Å². The second-order valence-electron chi connectivity index (χ2n) is 5.76. The van der Waals surface area contributed by atoms with E-state index in [9.17, 15) is 9.59 Å². The van der Waals surface area contributed by atoms with Crippen molar-refractivity contribution in [1.29, 1.82) is 0 Å². The zero-order valence-electron chi connectivity index (χ0n) is 14.8. The van der Waals surface area contributed by atoms with Gasteiger partial charge in [-0.3, -0.25) is 14.6 Å². The highest BCUT2D eigenvalue weighted by atomic mass is 16.5. The third kappa shape index (κ3) is 3.30. The Balaban J connectivity index is 1.72. The maximum absolute atomic E-state index is 12.5. The van der Waals surface area contributed by atoms with Crippen LogP contribution in [-0.4, -0.2) is 42.9 Å². The summed E-state index contributed by atoms with van der Waals surface area (Å²) in [6.45, 7) is 2.20. The minimum atomic E-state index is -0.422. The summed E-state index contributed by atoms with van der Waals surface area (Å²) in [6.07, 6.45) is 3.18. The van der Waals surface area contributed by atoms with Gasteiger partial charge in [0.25, 0.3) is 11.5 Å². The maximum atomic E-state index is 12.5. The normalized spacial score (nSPS) is 10.8. The van der Waals surface area contributed by atoms with Crippen LogP contribution in [0, 0.1) is 0 Å². The van der Waals surface area contributed by atoms with Crippen LogP contribution < -0.4 is 15.6 Å². The number of fused-ring (bicyclic) bond motifs is 1. The molecule has 0 aliphatic heterocycles. The molecule has 0 saturated heterocycles. The maximum Gasteiger partial charge on any atom is 0.281 e. The topological polar surface area (TPSA) is 139 Å². The first-order valence-corrected chi connectivity index (χ1v) is 8.45. The van der Waals surface area contributed by atoms with E-state index in [2.05, 4.69) is 35.7 Å². The van der Waals surface area contributed by atoms with Crippen LogP contribution in [0.2, 0.25) is 0 Å². The van der Waals surface area contributed by atoms with Crippen LogP contribution >= 0.6 is 0 Å². The number of benzene rings is 1. The number of hydrogen-bond acceptors (Lipinski definition) is 7. The molecule has 4 rings (SSSR count). The van der Waals surface area contributed by atoms with Gasteiger partial charge in [-0.15, -0.1) is 5.10 Å². The molecule has 0 spiro atoms. The third-order valence-electron chi connectivity index (χ3n) is 3.92. The van der Waals surface area contributed by atoms with Gasteiger partial charge >= 0.3 is 0 Å². The van der Waals surface area contributed by atoms with Gasteiger partial charge in [0.2, 0.25) is 0 Å². The molecule has 1 amide bonds. The number of rotatable bonds is 5. The molecule has 0 saturated carbocycles. The molecule has 3 heterocycles. The Kier molecular flexibility index (Phi) is 4.50. The third-order valence-corrected chi connectivity index (χ3v) is 3.92. The Morgan fingerprint density at radius 1 is 1.29 bits per heavy atom. The Morgan fingerprint density at radius 3 is 2.96 bits per heavy atom. The van der Waals surface area contributed by atoms with Crippen LogP contribution in [0.4, 0.5) is 5.69 Å². The van der Waals surface area contributed by atoms with Gasteiger partial charge in [-0.25, -0.2) is 10.1 Å². The summed E-state index contributed by atoms with van der Waals surface area (Å²) in [5.74, 6) is 0.387. The number of hydrogen-bond donors (Lipinski definition) is 3. The Hall–Kier alpha value is -4.08. The summed E-state index contributed by atoms with van der Waals surface area (Å²) in [5.41, 5.74) is 1.47. The highest BCUT2D eigenvalue weighted by Crippen LogP contribution is 2.29. The van der Waals surface area contributed by atoms with Gasteiger partial charge in [0, 0.05) is 11.8 Å². The fourth-order valence-electron chi connectivity index (χ4n) is 2.66. The summed E-state index contributed by atoms with van der Waals surface area (Å²) in [4.78, 5) is 35.6. The van der Waals surface area contributed by atoms with E-state index < -0.39 is 5.56 Å². The lowest BCUT2D eigenvalue weighted by atomic mass is 10.1. The summed E-state index contributed by atoms with van der Waals surface area (Å²) >= 11 is 0. The molecule has 0 bridgehead atoms. The van der Waals surface area contributed by atoms with E-state index in [1.54, 1.807) is 42.7 Å². The lowest BCUT2D eigenvalue weighted by Gasteiger charge is -2.12. The van der Waals surface area contributed by atoms with E-state index in [0.29, 0.717) is 29.2 Å². The number of amides is 1. The second kappa shape index (κ2) is 7.27. The smallest absolute Gasteiger partial charge is 0.281 e. The van der Waals surface area contributed by atoms with Crippen LogP contribution in [0.1, 0.15) is 17.3 Å². The molecule has 4 aromatic rings. The molecule has 1 aromatic carbocycles. The van der Waals surface area contributed by atoms with Crippen LogP contribution in [0.3, 0.4) is 0 Å². The number of anilines is 1. The average molecular weight is 377 g/mol. The summed E-state index contributed by atoms with van der Waals surface area (Å²) in [7, 11) is 0. The van der Waals surface area contributed by atoms with Crippen molar-refractivity contribution < 1.29 is 9.53 Å². The fraction of sp³-hybridized carbons (Fsp3) is 0.111. The van der Waals surface area contributed by atoms with Crippen molar-refractivity contribution in [2.24, 2.45) is 0 Å². The molecule has 28 heavy (non-hydrogen) atoms. The molecule has 10 heteroatoms. The number of ether oxygens (including phenoxy) is 1.